The lowest BCUT2D eigenvalue weighted by atomic mass is 10.2. The van der Waals surface area contributed by atoms with E-state index in [0.717, 1.165) is 19.4 Å². The first-order valence-electron chi connectivity index (χ1n) is 7.36. The van der Waals surface area contributed by atoms with Crippen LogP contribution in [0, 0.1) is 0 Å². The van der Waals surface area contributed by atoms with Gasteiger partial charge >= 0.3 is 0 Å². The third-order valence-corrected chi connectivity index (χ3v) is 4.85. The summed E-state index contributed by atoms with van der Waals surface area (Å²) in [5, 5.41) is 6.84. The smallest absolute Gasteiger partial charge is 0.249 e. The molecule has 2 amide bonds. The fourth-order valence-electron chi connectivity index (χ4n) is 2.90. The minimum Gasteiger partial charge on any atom is -0.343 e. The van der Waals surface area contributed by atoms with E-state index in [9.17, 15) is 9.59 Å². The van der Waals surface area contributed by atoms with E-state index in [1.165, 1.54) is 0 Å². The molecule has 2 N–H and O–H groups in total. The molecule has 0 saturated carbocycles. The zero-order valence-electron chi connectivity index (χ0n) is 12.4. The molecule has 8 heteroatoms. The zero-order chi connectivity index (χ0) is 15.7. The summed E-state index contributed by atoms with van der Waals surface area (Å²) in [7, 11) is 0. The van der Waals surface area contributed by atoms with Crippen molar-refractivity contribution in [3.8, 4) is 0 Å². The number of halogens is 3. The molecule has 0 bridgehead atoms. The summed E-state index contributed by atoms with van der Waals surface area (Å²) in [4.78, 5) is 26.2. The number of nitrogens with one attached hydrogen (secondary N) is 2. The lowest BCUT2D eigenvalue weighted by Crippen LogP contribution is -2.48. The predicted octanol–water partition coefficient (Wildman–Crippen LogP) is 2.39. The second-order valence-electron chi connectivity index (χ2n) is 5.59. The first kappa shape index (κ1) is 18.3. The molecule has 5 nitrogen and oxygen atoms in total. The van der Waals surface area contributed by atoms with Gasteiger partial charge in [-0.25, -0.2) is 0 Å². The Morgan fingerprint density at radius 3 is 2.70 bits per heavy atom. The average Bonchev–Trinajstić information content (AvgIpc) is 3.13. The Morgan fingerprint density at radius 1 is 1.26 bits per heavy atom. The number of hydrogen-bond acceptors (Lipinski definition) is 3. The standard InChI is InChI=1S/C15H17Cl2N3O2.ClH/c16-10-4-3-9(8-11(10)17)20-7-5-13(15(20)22)19-14(21)12-2-1-6-18-12;/h3-4,8,12-13,18H,1-2,5-7H2,(H,19,21);1H. The maximum atomic E-state index is 12.5. The van der Waals surface area contributed by atoms with Crippen molar-refractivity contribution in [1.82, 2.24) is 10.6 Å². The summed E-state index contributed by atoms with van der Waals surface area (Å²) < 4.78 is 0. The molecule has 2 heterocycles. The largest absolute Gasteiger partial charge is 0.343 e. The fraction of sp³-hybridized carbons (Fsp3) is 0.467. The van der Waals surface area contributed by atoms with Crippen molar-refractivity contribution in [2.75, 3.05) is 18.0 Å². The van der Waals surface area contributed by atoms with Crippen LogP contribution in [0.4, 0.5) is 5.69 Å². The van der Waals surface area contributed by atoms with Crippen LogP contribution in [0.15, 0.2) is 18.2 Å². The summed E-state index contributed by atoms with van der Waals surface area (Å²) in [5.41, 5.74) is 0.704. The summed E-state index contributed by atoms with van der Waals surface area (Å²) in [6, 6.07) is 4.46. The number of carbonyl (C=O) groups excluding carboxylic acids is 2. The molecule has 2 atom stereocenters. The lowest BCUT2D eigenvalue weighted by Gasteiger charge is -2.19. The minimum atomic E-state index is -0.468. The highest BCUT2D eigenvalue weighted by Gasteiger charge is 2.35. The van der Waals surface area contributed by atoms with Crippen LogP contribution in [-0.2, 0) is 9.59 Å². The van der Waals surface area contributed by atoms with Crippen molar-refractivity contribution >= 4 is 53.1 Å². The van der Waals surface area contributed by atoms with Gasteiger partial charge in [-0.15, -0.1) is 12.4 Å². The Morgan fingerprint density at radius 2 is 2.04 bits per heavy atom. The van der Waals surface area contributed by atoms with Crippen molar-refractivity contribution in [3.05, 3.63) is 28.2 Å². The molecular formula is C15H18Cl3N3O2. The predicted molar refractivity (Wildman–Crippen MR) is 93.6 cm³/mol. The van der Waals surface area contributed by atoms with Crippen LogP contribution in [-0.4, -0.2) is 37.0 Å². The van der Waals surface area contributed by atoms with E-state index in [-0.39, 0.29) is 30.3 Å². The molecule has 1 aromatic rings. The number of anilines is 1. The van der Waals surface area contributed by atoms with Gasteiger partial charge in [0.15, 0.2) is 0 Å². The van der Waals surface area contributed by atoms with Crippen LogP contribution >= 0.6 is 35.6 Å². The normalized spacial score (nSPS) is 23.7. The van der Waals surface area contributed by atoms with Crippen LogP contribution < -0.4 is 15.5 Å². The summed E-state index contributed by atoms with van der Waals surface area (Å²) in [6.07, 6.45) is 2.41. The second-order valence-corrected chi connectivity index (χ2v) is 6.40. The number of nitrogens with zero attached hydrogens (tertiary/aromatic N) is 1. The van der Waals surface area contributed by atoms with Gasteiger partial charge in [-0.3, -0.25) is 9.59 Å². The van der Waals surface area contributed by atoms with Crippen molar-refractivity contribution in [2.24, 2.45) is 0 Å². The van der Waals surface area contributed by atoms with Crippen LogP contribution in [0.3, 0.4) is 0 Å². The van der Waals surface area contributed by atoms with Gasteiger partial charge in [-0.05, 0) is 44.0 Å². The third kappa shape index (κ3) is 3.91. The molecular weight excluding hydrogens is 361 g/mol. The van der Waals surface area contributed by atoms with Crippen molar-refractivity contribution < 1.29 is 9.59 Å². The molecule has 2 aliphatic heterocycles. The third-order valence-electron chi connectivity index (χ3n) is 4.11. The maximum Gasteiger partial charge on any atom is 0.249 e. The van der Waals surface area contributed by atoms with Crippen molar-refractivity contribution in [2.45, 2.75) is 31.3 Å². The number of benzene rings is 1. The van der Waals surface area contributed by atoms with Gasteiger partial charge in [0.2, 0.25) is 11.8 Å². The first-order chi connectivity index (χ1) is 10.6. The molecule has 0 radical (unpaired) electrons. The Hall–Kier alpha value is -1.01. The Labute approximate surface area is 151 Å². The highest BCUT2D eigenvalue weighted by atomic mass is 35.5. The SMILES string of the molecule is Cl.O=C(NC1CCN(c2ccc(Cl)c(Cl)c2)C1=O)C1CCCN1. The van der Waals surface area contributed by atoms with Crippen molar-refractivity contribution in [3.63, 3.8) is 0 Å². The van der Waals surface area contributed by atoms with Gasteiger partial charge in [-0.1, -0.05) is 23.2 Å². The number of carbonyl (C=O) groups is 2. The maximum absolute atomic E-state index is 12.5. The van der Waals surface area contributed by atoms with E-state index in [2.05, 4.69) is 10.6 Å². The first-order valence-corrected chi connectivity index (χ1v) is 8.12. The molecule has 2 aliphatic rings. The lowest BCUT2D eigenvalue weighted by molar-refractivity contribution is -0.127. The quantitative estimate of drug-likeness (QED) is 0.849. The van der Waals surface area contributed by atoms with Gasteiger partial charge in [0.25, 0.3) is 0 Å². The van der Waals surface area contributed by atoms with Gasteiger partial charge in [0, 0.05) is 12.2 Å². The van der Waals surface area contributed by atoms with E-state index in [1.807, 2.05) is 0 Å². The minimum absolute atomic E-state index is 0. The van der Waals surface area contributed by atoms with Crippen LogP contribution in [0.2, 0.25) is 10.0 Å². The van der Waals surface area contributed by atoms with E-state index >= 15 is 0 Å². The number of rotatable bonds is 3. The zero-order valence-corrected chi connectivity index (χ0v) is 14.7. The highest BCUT2D eigenvalue weighted by molar-refractivity contribution is 6.42. The number of hydrogen-bond donors (Lipinski definition) is 2. The van der Waals surface area contributed by atoms with Gasteiger partial charge in [0.05, 0.1) is 16.1 Å². The molecule has 2 fully saturated rings. The molecule has 3 rings (SSSR count). The molecule has 126 valence electrons. The van der Waals surface area contributed by atoms with Crippen molar-refractivity contribution in [1.29, 1.82) is 0 Å². The summed E-state index contributed by atoms with van der Waals surface area (Å²) in [6.45, 7) is 1.41. The Balaban J connectivity index is 0.00000192. The Bertz CT molecular complexity index is 606. The topological polar surface area (TPSA) is 61.4 Å². The van der Waals surface area contributed by atoms with Crippen LogP contribution in [0.5, 0.6) is 0 Å². The molecule has 0 spiro atoms. The molecule has 0 aliphatic carbocycles. The molecule has 23 heavy (non-hydrogen) atoms. The van der Waals surface area contributed by atoms with Crippen LogP contribution in [0.25, 0.3) is 0 Å². The van der Waals surface area contributed by atoms with Crippen LogP contribution in [0.1, 0.15) is 19.3 Å². The highest BCUT2D eigenvalue weighted by Crippen LogP contribution is 2.29. The molecule has 0 aromatic heterocycles. The Kier molecular flexibility index (Phi) is 6.14. The average molecular weight is 379 g/mol. The molecule has 2 saturated heterocycles. The summed E-state index contributed by atoms with van der Waals surface area (Å²) >= 11 is 11.9. The van der Waals surface area contributed by atoms with E-state index < -0.39 is 6.04 Å². The van der Waals surface area contributed by atoms with E-state index in [4.69, 9.17) is 23.2 Å². The van der Waals surface area contributed by atoms with Gasteiger partial charge < -0.3 is 15.5 Å². The van der Waals surface area contributed by atoms with Gasteiger partial charge in [-0.2, -0.15) is 0 Å². The molecule has 1 aromatic carbocycles. The molecule has 2 unspecified atom stereocenters. The second kappa shape index (κ2) is 7.71. The van der Waals surface area contributed by atoms with E-state index in [1.54, 1.807) is 23.1 Å². The monoisotopic (exact) mass is 377 g/mol. The number of amides is 2. The summed E-state index contributed by atoms with van der Waals surface area (Å²) in [5.74, 6) is -0.198. The fourth-order valence-corrected chi connectivity index (χ4v) is 3.20. The van der Waals surface area contributed by atoms with E-state index in [0.29, 0.717) is 28.7 Å². The van der Waals surface area contributed by atoms with Gasteiger partial charge in [0.1, 0.15) is 6.04 Å².